The van der Waals surface area contributed by atoms with Crippen molar-refractivity contribution in [2.75, 3.05) is 37.3 Å². The van der Waals surface area contributed by atoms with Crippen LogP contribution in [-0.4, -0.2) is 41.5 Å². The summed E-state index contributed by atoms with van der Waals surface area (Å²) in [6.45, 7) is 5.24. The molecule has 24 heavy (non-hydrogen) atoms. The Labute approximate surface area is 147 Å². The second kappa shape index (κ2) is 5.60. The van der Waals surface area contributed by atoms with Crippen LogP contribution in [0.2, 0.25) is 5.02 Å². The predicted molar refractivity (Wildman–Crippen MR) is 98.0 cm³/mol. The zero-order valence-electron chi connectivity index (χ0n) is 14.1. The summed E-state index contributed by atoms with van der Waals surface area (Å²) < 4.78 is 0. The van der Waals surface area contributed by atoms with E-state index in [0.717, 1.165) is 32.5 Å². The van der Waals surface area contributed by atoms with Crippen molar-refractivity contribution in [3.8, 4) is 0 Å². The molecule has 0 saturated carbocycles. The van der Waals surface area contributed by atoms with Gasteiger partial charge in [-0.1, -0.05) is 23.7 Å². The molecule has 0 bridgehead atoms. The number of nitrogens with zero attached hydrogens (tertiary/aromatic N) is 4. The highest BCUT2D eigenvalue weighted by Crippen LogP contribution is 2.50. The zero-order chi connectivity index (χ0) is 16.9. The molecule has 0 amide bonds. The molecule has 0 radical (unpaired) electrons. The number of aromatic nitrogens is 2. The van der Waals surface area contributed by atoms with Gasteiger partial charge in [0.25, 0.3) is 0 Å². The van der Waals surface area contributed by atoms with E-state index in [4.69, 9.17) is 17.3 Å². The first-order valence-electron chi connectivity index (χ1n) is 8.34. The van der Waals surface area contributed by atoms with Crippen LogP contribution in [-0.2, 0) is 5.41 Å². The lowest BCUT2D eigenvalue weighted by atomic mass is 9.74. The molecule has 0 aliphatic carbocycles. The van der Waals surface area contributed by atoms with Crippen LogP contribution < -0.4 is 10.6 Å². The van der Waals surface area contributed by atoms with Gasteiger partial charge in [-0.05, 0) is 57.1 Å². The smallest absolute Gasteiger partial charge is 0.222 e. The monoisotopic (exact) mass is 343 g/mol. The van der Waals surface area contributed by atoms with Gasteiger partial charge in [-0.2, -0.15) is 4.98 Å². The number of halogens is 1. The van der Waals surface area contributed by atoms with E-state index < -0.39 is 0 Å². The summed E-state index contributed by atoms with van der Waals surface area (Å²) in [6.07, 6.45) is 3.89. The third-order valence-electron chi connectivity index (χ3n) is 5.42. The molecule has 3 heterocycles. The number of rotatable bonds is 1. The minimum atomic E-state index is 0.165. The van der Waals surface area contributed by atoms with Crippen LogP contribution in [0.25, 0.3) is 0 Å². The van der Waals surface area contributed by atoms with E-state index >= 15 is 0 Å². The number of anilines is 3. The molecular formula is C18H22ClN5. The van der Waals surface area contributed by atoms with Gasteiger partial charge in [0.1, 0.15) is 5.02 Å². The summed E-state index contributed by atoms with van der Waals surface area (Å²) in [7, 11) is 2.19. The average molecular weight is 344 g/mol. The second-order valence-electron chi connectivity index (χ2n) is 7.09. The molecule has 2 aromatic rings. The van der Waals surface area contributed by atoms with E-state index in [1.807, 2.05) is 0 Å². The Balaban J connectivity index is 1.83. The summed E-state index contributed by atoms with van der Waals surface area (Å²) in [6, 6.07) is 6.73. The maximum absolute atomic E-state index is 6.40. The minimum absolute atomic E-state index is 0.165. The number of hydrogen-bond acceptors (Lipinski definition) is 5. The van der Waals surface area contributed by atoms with E-state index in [-0.39, 0.29) is 11.4 Å². The third-order valence-corrected chi connectivity index (χ3v) is 5.69. The molecule has 1 saturated heterocycles. The highest BCUT2D eigenvalue weighted by Gasteiger charge is 2.45. The van der Waals surface area contributed by atoms with Gasteiger partial charge in [0.05, 0.1) is 6.20 Å². The van der Waals surface area contributed by atoms with Crippen molar-refractivity contribution < 1.29 is 0 Å². The Morgan fingerprint density at radius 3 is 2.75 bits per heavy atom. The summed E-state index contributed by atoms with van der Waals surface area (Å²) >= 11 is 6.40. The SMILES string of the molecule is Cc1ccc2c(c1)N(c1nc(N)ncc1Cl)CC21CCN(C)CC1. The van der Waals surface area contributed by atoms with Crippen LogP contribution in [0.15, 0.2) is 24.4 Å². The highest BCUT2D eigenvalue weighted by atomic mass is 35.5. The van der Waals surface area contributed by atoms with E-state index in [1.165, 1.54) is 16.8 Å². The van der Waals surface area contributed by atoms with Crippen LogP contribution >= 0.6 is 11.6 Å². The first-order valence-corrected chi connectivity index (χ1v) is 8.72. The number of hydrogen-bond donors (Lipinski definition) is 1. The van der Waals surface area contributed by atoms with Crippen molar-refractivity contribution >= 4 is 29.1 Å². The molecular weight excluding hydrogens is 322 g/mol. The van der Waals surface area contributed by atoms with Crippen molar-refractivity contribution in [1.29, 1.82) is 0 Å². The quantitative estimate of drug-likeness (QED) is 0.862. The number of fused-ring (bicyclic) bond motifs is 2. The lowest BCUT2D eigenvalue weighted by molar-refractivity contribution is 0.198. The number of piperidine rings is 1. The average Bonchev–Trinajstić information content (AvgIpc) is 2.86. The Morgan fingerprint density at radius 1 is 1.25 bits per heavy atom. The van der Waals surface area contributed by atoms with Crippen molar-refractivity contribution in [3.63, 3.8) is 0 Å². The van der Waals surface area contributed by atoms with Gasteiger partial charge < -0.3 is 15.5 Å². The van der Waals surface area contributed by atoms with Gasteiger partial charge in [-0.25, -0.2) is 4.98 Å². The maximum Gasteiger partial charge on any atom is 0.222 e. The zero-order valence-corrected chi connectivity index (χ0v) is 14.8. The molecule has 2 N–H and O–H groups in total. The fourth-order valence-corrected chi connectivity index (χ4v) is 4.20. The van der Waals surface area contributed by atoms with Gasteiger partial charge in [-0.3, -0.25) is 0 Å². The normalized spacial score (nSPS) is 19.7. The van der Waals surface area contributed by atoms with E-state index in [1.54, 1.807) is 6.20 Å². The van der Waals surface area contributed by atoms with E-state index in [2.05, 4.69) is 51.9 Å². The molecule has 1 fully saturated rings. The van der Waals surface area contributed by atoms with Crippen LogP contribution in [0.5, 0.6) is 0 Å². The Morgan fingerprint density at radius 2 is 2.00 bits per heavy atom. The number of nitrogens with two attached hydrogens (primary N) is 1. The number of benzene rings is 1. The van der Waals surface area contributed by atoms with Crippen molar-refractivity contribution in [2.45, 2.75) is 25.2 Å². The predicted octanol–water partition coefficient (Wildman–Crippen LogP) is 3.14. The molecule has 2 aliphatic heterocycles. The van der Waals surface area contributed by atoms with Gasteiger partial charge in [-0.15, -0.1) is 0 Å². The van der Waals surface area contributed by atoms with Gasteiger partial charge in [0.2, 0.25) is 5.95 Å². The van der Waals surface area contributed by atoms with Crippen LogP contribution in [0, 0.1) is 6.92 Å². The first kappa shape index (κ1) is 15.7. The lowest BCUT2D eigenvalue weighted by Gasteiger charge is -2.38. The largest absolute Gasteiger partial charge is 0.368 e. The Hall–Kier alpha value is -1.85. The number of likely N-dealkylation sites (tertiary alicyclic amines) is 1. The fraction of sp³-hybridized carbons (Fsp3) is 0.444. The van der Waals surface area contributed by atoms with Crippen LogP contribution in [0.4, 0.5) is 17.5 Å². The molecule has 0 unspecified atom stereocenters. The first-order chi connectivity index (χ1) is 11.5. The summed E-state index contributed by atoms with van der Waals surface area (Å²) in [4.78, 5) is 13.1. The van der Waals surface area contributed by atoms with Gasteiger partial charge in [0, 0.05) is 17.6 Å². The van der Waals surface area contributed by atoms with Crippen LogP contribution in [0.1, 0.15) is 24.0 Å². The lowest BCUT2D eigenvalue weighted by Crippen LogP contribution is -2.43. The third kappa shape index (κ3) is 2.43. The van der Waals surface area contributed by atoms with Crippen LogP contribution in [0.3, 0.4) is 0 Å². The van der Waals surface area contributed by atoms with Crippen molar-refractivity contribution in [3.05, 3.63) is 40.5 Å². The molecule has 126 valence electrons. The van der Waals surface area contributed by atoms with E-state index in [9.17, 15) is 0 Å². The molecule has 6 heteroatoms. The number of aryl methyl sites for hydroxylation is 1. The van der Waals surface area contributed by atoms with Crippen molar-refractivity contribution in [2.24, 2.45) is 0 Å². The topological polar surface area (TPSA) is 58.3 Å². The fourth-order valence-electron chi connectivity index (χ4n) is 4.01. The van der Waals surface area contributed by atoms with E-state index in [0.29, 0.717) is 10.8 Å². The molecule has 0 atom stereocenters. The van der Waals surface area contributed by atoms with Crippen molar-refractivity contribution in [1.82, 2.24) is 14.9 Å². The second-order valence-corrected chi connectivity index (χ2v) is 7.50. The number of nitrogen functional groups attached to an aromatic ring is 1. The maximum atomic E-state index is 6.40. The Kier molecular flexibility index (Phi) is 3.66. The summed E-state index contributed by atoms with van der Waals surface area (Å²) in [5.74, 6) is 0.972. The molecule has 1 aromatic carbocycles. The van der Waals surface area contributed by atoms with Gasteiger partial charge >= 0.3 is 0 Å². The summed E-state index contributed by atoms with van der Waals surface area (Å²) in [5, 5.41) is 0.543. The minimum Gasteiger partial charge on any atom is -0.368 e. The Bertz CT molecular complexity index is 783. The molecule has 4 rings (SSSR count). The highest BCUT2D eigenvalue weighted by molar-refractivity contribution is 6.33. The molecule has 1 spiro atoms. The molecule has 5 nitrogen and oxygen atoms in total. The summed E-state index contributed by atoms with van der Waals surface area (Å²) in [5.41, 5.74) is 9.84. The standard InChI is InChI=1S/C18H22ClN5/c1-12-3-4-13-15(9-12)24(16-14(19)10-21-17(20)22-16)11-18(13)5-7-23(2)8-6-18/h3-4,9-10H,5-8,11H2,1-2H3,(H2,20,21,22). The molecule has 1 aromatic heterocycles. The van der Waals surface area contributed by atoms with Gasteiger partial charge in [0.15, 0.2) is 5.82 Å². The molecule has 2 aliphatic rings.